The fourth-order valence-electron chi connectivity index (χ4n) is 3.19. The summed E-state index contributed by atoms with van der Waals surface area (Å²) in [6.07, 6.45) is 4.93. The molecule has 0 atom stereocenters. The fraction of sp³-hybridized carbons (Fsp3) is 0.240. The summed E-state index contributed by atoms with van der Waals surface area (Å²) in [5, 5.41) is 2.22. The Morgan fingerprint density at radius 1 is 1.12 bits per heavy atom. The van der Waals surface area contributed by atoms with Gasteiger partial charge in [-0.1, -0.05) is 26.0 Å². The smallest absolute Gasteiger partial charge is 0.335 e. The van der Waals surface area contributed by atoms with Crippen molar-refractivity contribution >= 4 is 45.5 Å². The van der Waals surface area contributed by atoms with Crippen LogP contribution < -0.4 is 24.4 Å². The van der Waals surface area contributed by atoms with Crippen molar-refractivity contribution in [3.8, 4) is 17.2 Å². The molecule has 1 fully saturated rings. The maximum absolute atomic E-state index is 13.2. The van der Waals surface area contributed by atoms with E-state index in [1.807, 2.05) is 0 Å². The van der Waals surface area contributed by atoms with Gasteiger partial charge in [-0.3, -0.25) is 14.9 Å². The van der Waals surface area contributed by atoms with E-state index in [0.29, 0.717) is 39.6 Å². The number of nitrogens with zero attached hydrogens (tertiary/aromatic N) is 1. The Bertz CT molecular complexity index is 1130. The van der Waals surface area contributed by atoms with Crippen LogP contribution in [0.5, 0.6) is 17.2 Å². The number of nitrogens with one attached hydrogen (secondary N) is 1. The van der Waals surface area contributed by atoms with E-state index >= 15 is 0 Å². The van der Waals surface area contributed by atoms with E-state index in [-0.39, 0.29) is 12.2 Å². The van der Waals surface area contributed by atoms with Crippen LogP contribution in [0.25, 0.3) is 6.08 Å². The van der Waals surface area contributed by atoms with E-state index in [1.54, 1.807) is 42.5 Å². The molecule has 8 nitrogen and oxygen atoms in total. The first-order chi connectivity index (χ1) is 16.4. The van der Waals surface area contributed by atoms with Crippen LogP contribution in [0.1, 0.15) is 25.3 Å². The van der Waals surface area contributed by atoms with Crippen molar-refractivity contribution < 1.29 is 28.6 Å². The van der Waals surface area contributed by atoms with Gasteiger partial charge < -0.3 is 14.2 Å². The summed E-state index contributed by atoms with van der Waals surface area (Å²) in [6, 6.07) is 9.02. The topological polar surface area (TPSA) is 94.2 Å². The SMILES string of the molecule is C=CCOc1c(Br)cc(/C=C2/C(=O)NC(=O)N(c3ccc(OCCCC)cc3)C2=O)cc1OC. The van der Waals surface area contributed by atoms with Crippen LogP contribution in [0.4, 0.5) is 10.5 Å². The van der Waals surface area contributed by atoms with Crippen molar-refractivity contribution in [3.63, 3.8) is 0 Å². The van der Waals surface area contributed by atoms with E-state index in [2.05, 4.69) is 34.7 Å². The maximum atomic E-state index is 13.2. The molecule has 3 rings (SSSR count). The Morgan fingerprint density at radius 3 is 2.50 bits per heavy atom. The Morgan fingerprint density at radius 2 is 1.85 bits per heavy atom. The number of halogens is 1. The largest absolute Gasteiger partial charge is 0.494 e. The summed E-state index contributed by atoms with van der Waals surface area (Å²) in [5.41, 5.74) is 0.620. The molecule has 0 aliphatic carbocycles. The van der Waals surface area contributed by atoms with Gasteiger partial charge in [-0.05, 0) is 70.4 Å². The molecule has 1 saturated heterocycles. The molecule has 178 valence electrons. The molecule has 1 aliphatic heterocycles. The number of amides is 4. The van der Waals surface area contributed by atoms with Gasteiger partial charge in [0.25, 0.3) is 11.8 Å². The van der Waals surface area contributed by atoms with Gasteiger partial charge >= 0.3 is 6.03 Å². The quantitative estimate of drug-likeness (QED) is 0.204. The number of hydrogen-bond acceptors (Lipinski definition) is 6. The van der Waals surface area contributed by atoms with E-state index in [9.17, 15) is 14.4 Å². The molecule has 34 heavy (non-hydrogen) atoms. The first-order valence-electron chi connectivity index (χ1n) is 10.6. The number of barbiturate groups is 1. The molecular weight excluding hydrogens is 504 g/mol. The van der Waals surface area contributed by atoms with Gasteiger partial charge in [-0.15, -0.1) is 0 Å². The first-order valence-corrected chi connectivity index (χ1v) is 11.4. The van der Waals surface area contributed by atoms with Gasteiger partial charge in [-0.25, -0.2) is 9.69 Å². The van der Waals surface area contributed by atoms with E-state index in [4.69, 9.17) is 14.2 Å². The second-order valence-electron chi connectivity index (χ2n) is 7.29. The lowest BCUT2D eigenvalue weighted by Crippen LogP contribution is -2.54. The van der Waals surface area contributed by atoms with Gasteiger partial charge in [0.15, 0.2) is 11.5 Å². The summed E-state index contributed by atoms with van der Waals surface area (Å²) in [4.78, 5) is 39.0. The molecule has 2 aromatic carbocycles. The second kappa shape index (κ2) is 11.5. The number of hydrogen-bond donors (Lipinski definition) is 1. The van der Waals surface area contributed by atoms with Crippen LogP contribution >= 0.6 is 15.9 Å². The Balaban J connectivity index is 1.90. The minimum atomic E-state index is -0.821. The van der Waals surface area contributed by atoms with Crippen LogP contribution in [0.15, 0.2) is 59.1 Å². The zero-order chi connectivity index (χ0) is 24.7. The summed E-state index contributed by atoms with van der Waals surface area (Å²) < 4.78 is 17.2. The number of carbonyl (C=O) groups is 3. The fourth-order valence-corrected chi connectivity index (χ4v) is 3.76. The molecule has 1 N–H and O–H groups in total. The Hall–Kier alpha value is -3.59. The van der Waals surface area contributed by atoms with Crippen molar-refractivity contribution in [1.82, 2.24) is 5.32 Å². The van der Waals surface area contributed by atoms with Gasteiger partial charge in [0.1, 0.15) is 17.9 Å². The Labute approximate surface area is 206 Å². The number of rotatable bonds is 10. The lowest BCUT2D eigenvalue weighted by molar-refractivity contribution is -0.122. The average molecular weight is 529 g/mol. The third-order valence-corrected chi connectivity index (χ3v) is 5.46. The number of ether oxygens (including phenoxy) is 3. The zero-order valence-electron chi connectivity index (χ0n) is 18.9. The van der Waals surface area contributed by atoms with Gasteiger partial charge in [0.2, 0.25) is 0 Å². The number of methoxy groups -OCH3 is 1. The van der Waals surface area contributed by atoms with E-state index in [1.165, 1.54) is 13.2 Å². The third-order valence-electron chi connectivity index (χ3n) is 4.87. The number of anilines is 1. The highest BCUT2D eigenvalue weighted by Gasteiger charge is 2.36. The highest BCUT2D eigenvalue weighted by Crippen LogP contribution is 2.37. The van der Waals surface area contributed by atoms with Crippen molar-refractivity contribution in [2.24, 2.45) is 0 Å². The molecule has 2 aromatic rings. The molecule has 0 unspecified atom stereocenters. The summed E-state index contributed by atoms with van der Waals surface area (Å²) >= 11 is 3.42. The predicted molar refractivity (Wildman–Crippen MR) is 132 cm³/mol. The van der Waals surface area contributed by atoms with Crippen molar-refractivity contribution in [2.75, 3.05) is 25.2 Å². The number of benzene rings is 2. The Kier molecular flexibility index (Phi) is 8.48. The summed E-state index contributed by atoms with van der Waals surface area (Å²) in [5.74, 6) is -0.0340. The normalized spacial score (nSPS) is 14.7. The minimum Gasteiger partial charge on any atom is -0.494 e. The second-order valence-corrected chi connectivity index (χ2v) is 8.14. The molecule has 0 saturated carbocycles. The van der Waals surface area contributed by atoms with E-state index in [0.717, 1.165) is 17.7 Å². The standard InChI is InChI=1S/C25H25BrN2O6/c1-4-6-12-33-18-9-7-17(8-10-18)28-24(30)19(23(29)27-25(28)31)13-16-14-20(26)22(34-11-5-2)21(15-16)32-3/h5,7-10,13-15H,2,4,6,11-12H2,1,3H3,(H,27,29,31)/b19-13-. The van der Waals surface area contributed by atoms with E-state index < -0.39 is 17.8 Å². The third kappa shape index (κ3) is 5.66. The molecule has 0 spiro atoms. The highest BCUT2D eigenvalue weighted by atomic mass is 79.9. The molecule has 1 aliphatic rings. The maximum Gasteiger partial charge on any atom is 0.335 e. The van der Waals surface area contributed by atoms with Crippen molar-refractivity contribution in [1.29, 1.82) is 0 Å². The van der Waals surface area contributed by atoms with Crippen LogP contribution in [-0.4, -0.2) is 38.2 Å². The average Bonchev–Trinajstić information content (AvgIpc) is 2.81. The molecule has 4 amide bonds. The minimum absolute atomic E-state index is 0.198. The molecule has 0 bridgehead atoms. The monoisotopic (exact) mass is 528 g/mol. The van der Waals surface area contributed by atoms with Crippen molar-refractivity contribution in [3.05, 3.63) is 64.7 Å². The molecule has 1 heterocycles. The highest BCUT2D eigenvalue weighted by molar-refractivity contribution is 9.10. The van der Waals surface area contributed by atoms with Crippen molar-refractivity contribution in [2.45, 2.75) is 19.8 Å². The van der Waals surface area contributed by atoms with Gasteiger partial charge in [0, 0.05) is 0 Å². The predicted octanol–water partition coefficient (Wildman–Crippen LogP) is 4.87. The van der Waals surface area contributed by atoms with Crippen LogP contribution in [0.3, 0.4) is 0 Å². The molecule has 0 radical (unpaired) electrons. The number of carbonyl (C=O) groups excluding carboxylic acids is 3. The van der Waals surface area contributed by atoms with Crippen LogP contribution in [0.2, 0.25) is 0 Å². The summed E-state index contributed by atoms with van der Waals surface area (Å²) in [7, 11) is 1.48. The zero-order valence-corrected chi connectivity index (χ0v) is 20.5. The lowest BCUT2D eigenvalue weighted by Gasteiger charge is -2.26. The summed E-state index contributed by atoms with van der Waals surface area (Å²) in [6.45, 7) is 6.54. The molecular formula is C25H25BrN2O6. The number of imide groups is 2. The number of unbranched alkanes of at least 4 members (excludes halogenated alkanes) is 1. The first kappa shape index (κ1) is 25.0. The molecule has 9 heteroatoms. The van der Waals surface area contributed by atoms with Crippen LogP contribution in [-0.2, 0) is 9.59 Å². The van der Waals surface area contributed by atoms with Gasteiger partial charge in [-0.2, -0.15) is 0 Å². The van der Waals surface area contributed by atoms with Crippen LogP contribution in [0, 0.1) is 0 Å². The lowest BCUT2D eigenvalue weighted by atomic mass is 10.1. The molecule has 0 aromatic heterocycles. The number of urea groups is 1. The van der Waals surface area contributed by atoms with Gasteiger partial charge in [0.05, 0.1) is 23.9 Å².